The fraction of sp³-hybridized carbons (Fsp3) is 1.00. The lowest BCUT2D eigenvalue weighted by atomic mass is 9.88. The lowest BCUT2D eigenvalue weighted by Gasteiger charge is -2.28. The summed E-state index contributed by atoms with van der Waals surface area (Å²) in [5, 5.41) is 10.1. The fourth-order valence-electron chi connectivity index (χ4n) is 4.17. The highest BCUT2D eigenvalue weighted by Crippen LogP contribution is 2.55. The molecule has 3 aliphatic rings. The van der Waals surface area contributed by atoms with Crippen LogP contribution in [0.15, 0.2) is 0 Å². The Balaban J connectivity index is 1.74. The van der Waals surface area contributed by atoms with Crippen LogP contribution in [0.2, 0.25) is 0 Å². The minimum absolute atomic E-state index is 0.0181. The Morgan fingerprint density at radius 3 is 2.67 bits per heavy atom. The topological polar surface area (TPSA) is 57.6 Å². The highest BCUT2D eigenvalue weighted by Gasteiger charge is 2.61. The van der Waals surface area contributed by atoms with Crippen LogP contribution in [0.3, 0.4) is 0 Å². The Kier molecular flexibility index (Phi) is 3.15. The van der Waals surface area contributed by atoms with Gasteiger partial charge in [-0.25, -0.2) is 8.42 Å². The number of hydrogen-bond donors (Lipinski definition) is 1. The predicted molar refractivity (Wildman–Crippen MR) is 65.2 cm³/mol. The van der Waals surface area contributed by atoms with E-state index in [-0.39, 0.29) is 11.8 Å². The second-order valence-corrected chi connectivity index (χ2v) is 7.96. The first-order chi connectivity index (χ1) is 8.54. The Bertz CT molecular complexity index is 425. The molecule has 18 heavy (non-hydrogen) atoms. The van der Waals surface area contributed by atoms with E-state index in [1.807, 2.05) is 0 Å². The normalized spacial score (nSPS) is 42.9. The molecule has 0 spiro atoms. The van der Waals surface area contributed by atoms with E-state index in [0.717, 1.165) is 12.8 Å². The highest BCUT2D eigenvalue weighted by atomic mass is 32.2. The van der Waals surface area contributed by atoms with Gasteiger partial charge in [-0.05, 0) is 43.4 Å². The number of nitrogens with zero attached hydrogens (tertiary/aromatic N) is 1. The van der Waals surface area contributed by atoms with Gasteiger partial charge in [0.25, 0.3) is 0 Å². The summed E-state index contributed by atoms with van der Waals surface area (Å²) < 4.78 is 38.1. The van der Waals surface area contributed by atoms with E-state index >= 15 is 0 Å². The van der Waals surface area contributed by atoms with Gasteiger partial charge in [0.1, 0.15) is 0 Å². The number of unbranched alkanes of at least 4 members (excludes halogenated alkanes) is 1. The zero-order valence-electron chi connectivity index (χ0n) is 10.3. The summed E-state index contributed by atoms with van der Waals surface area (Å²) in [6.45, 7) is 0.107. The van der Waals surface area contributed by atoms with Gasteiger partial charge in [0.2, 0.25) is 10.0 Å². The van der Waals surface area contributed by atoms with Crippen molar-refractivity contribution in [2.75, 3.05) is 19.0 Å². The van der Waals surface area contributed by atoms with Crippen molar-refractivity contribution in [1.29, 1.82) is 0 Å². The van der Waals surface area contributed by atoms with Crippen molar-refractivity contribution in [2.45, 2.75) is 37.8 Å². The number of aliphatic hydroxyl groups excluding tert-OH is 1. The quantitative estimate of drug-likeness (QED) is 0.755. The Labute approximate surface area is 107 Å². The van der Waals surface area contributed by atoms with Crippen LogP contribution in [-0.2, 0) is 10.0 Å². The zero-order valence-corrected chi connectivity index (χ0v) is 11.2. The molecule has 3 fully saturated rings. The van der Waals surface area contributed by atoms with Crippen LogP contribution in [0, 0.1) is 17.8 Å². The number of aliphatic hydroxyl groups is 1. The average Bonchev–Trinajstić information content (AvgIpc) is 2.89. The van der Waals surface area contributed by atoms with Crippen molar-refractivity contribution in [3.05, 3.63) is 0 Å². The Morgan fingerprint density at radius 1 is 1.22 bits per heavy atom. The number of alkyl halides is 1. The van der Waals surface area contributed by atoms with E-state index < -0.39 is 22.8 Å². The van der Waals surface area contributed by atoms with Gasteiger partial charge in [0.05, 0.1) is 24.6 Å². The Morgan fingerprint density at radius 2 is 2.00 bits per heavy atom. The molecule has 1 aliphatic heterocycles. The molecule has 0 amide bonds. The summed E-state index contributed by atoms with van der Waals surface area (Å²) in [6, 6.07) is -0.191. The molecule has 3 rings (SSSR count). The number of sulfonamides is 1. The van der Waals surface area contributed by atoms with Gasteiger partial charge in [-0.3, -0.25) is 4.39 Å². The van der Waals surface area contributed by atoms with Crippen LogP contribution < -0.4 is 0 Å². The second-order valence-electron chi connectivity index (χ2n) is 5.92. The van der Waals surface area contributed by atoms with Crippen LogP contribution in [0.4, 0.5) is 4.39 Å². The molecular weight excluding hydrogens is 257 g/mol. The van der Waals surface area contributed by atoms with E-state index in [1.54, 1.807) is 0 Å². The van der Waals surface area contributed by atoms with E-state index in [0.29, 0.717) is 37.1 Å². The maximum absolute atomic E-state index is 12.3. The van der Waals surface area contributed by atoms with E-state index in [1.165, 1.54) is 4.31 Å². The van der Waals surface area contributed by atoms with Crippen LogP contribution in [0.25, 0.3) is 0 Å². The molecule has 1 heterocycles. The van der Waals surface area contributed by atoms with Gasteiger partial charge >= 0.3 is 0 Å². The first-order valence-corrected chi connectivity index (χ1v) is 8.39. The average molecular weight is 277 g/mol. The molecule has 0 radical (unpaired) electrons. The summed E-state index contributed by atoms with van der Waals surface area (Å²) in [5.74, 6) is 1.13. The van der Waals surface area contributed by atoms with Crippen molar-refractivity contribution < 1.29 is 17.9 Å². The number of halogens is 1. The smallest absolute Gasteiger partial charge is 0.214 e. The molecule has 2 saturated carbocycles. The standard InChI is InChI=1S/C12H20FNO3S/c13-3-1-2-4-18(16,17)14-7-9-5-8-6-10(9)11(14)12(8)15/h8-12,15H,1-7H2. The van der Waals surface area contributed by atoms with E-state index in [4.69, 9.17) is 0 Å². The summed E-state index contributed by atoms with van der Waals surface area (Å²) in [4.78, 5) is 0. The largest absolute Gasteiger partial charge is 0.391 e. The van der Waals surface area contributed by atoms with Gasteiger partial charge in [0.15, 0.2) is 0 Å². The molecule has 2 aliphatic carbocycles. The highest BCUT2D eigenvalue weighted by molar-refractivity contribution is 7.89. The van der Waals surface area contributed by atoms with Gasteiger partial charge in [-0.2, -0.15) is 4.31 Å². The lowest BCUT2D eigenvalue weighted by Crippen LogP contribution is -2.44. The molecule has 4 nitrogen and oxygen atoms in total. The number of fused-ring (bicyclic) bond motifs is 1. The van der Waals surface area contributed by atoms with Gasteiger partial charge in [-0.1, -0.05) is 0 Å². The first-order valence-electron chi connectivity index (χ1n) is 6.78. The van der Waals surface area contributed by atoms with Crippen molar-refractivity contribution in [3.63, 3.8) is 0 Å². The van der Waals surface area contributed by atoms with Gasteiger partial charge in [-0.15, -0.1) is 0 Å². The molecule has 1 saturated heterocycles. The summed E-state index contributed by atoms with van der Waals surface area (Å²) in [5.41, 5.74) is 0. The maximum atomic E-state index is 12.3. The van der Waals surface area contributed by atoms with Crippen LogP contribution >= 0.6 is 0 Å². The summed E-state index contributed by atoms with van der Waals surface area (Å²) in [6.07, 6.45) is 2.14. The molecule has 5 unspecified atom stereocenters. The molecule has 104 valence electrons. The van der Waals surface area contributed by atoms with Crippen molar-refractivity contribution >= 4 is 10.0 Å². The molecule has 0 aromatic rings. The Hall–Kier alpha value is -0.200. The minimum atomic E-state index is -3.32. The van der Waals surface area contributed by atoms with Crippen LogP contribution in [0.5, 0.6) is 0 Å². The molecule has 0 aromatic heterocycles. The first kappa shape index (κ1) is 12.8. The number of hydrogen-bond acceptors (Lipinski definition) is 3. The second kappa shape index (κ2) is 4.42. The predicted octanol–water partition coefficient (Wildman–Crippen LogP) is 0.767. The molecule has 0 aromatic carbocycles. The van der Waals surface area contributed by atoms with E-state index in [9.17, 15) is 17.9 Å². The third-order valence-electron chi connectivity index (χ3n) is 4.95. The van der Waals surface area contributed by atoms with Crippen molar-refractivity contribution in [2.24, 2.45) is 17.8 Å². The van der Waals surface area contributed by atoms with Gasteiger partial charge in [0, 0.05) is 6.54 Å². The fourth-order valence-corrected chi connectivity index (χ4v) is 6.05. The minimum Gasteiger partial charge on any atom is -0.391 e. The monoisotopic (exact) mass is 277 g/mol. The molecular formula is C12H20FNO3S. The molecule has 5 atom stereocenters. The van der Waals surface area contributed by atoms with Gasteiger partial charge < -0.3 is 5.11 Å². The summed E-state index contributed by atoms with van der Waals surface area (Å²) >= 11 is 0. The zero-order chi connectivity index (χ0) is 12.9. The summed E-state index contributed by atoms with van der Waals surface area (Å²) in [7, 11) is -3.32. The van der Waals surface area contributed by atoms with Crippen LogP contribution in [-0.4, -0.2) is 48.9 Å². The van der Waals surface area contributed by atoms with Crippen LogP contribution in [0.1, 0.15) is 25.7 Å². The maximum Gasteiger partial charge on any atom is 0.214 e. The third-order valence-corrected chi connectivity index (χ3v) is 6.86. The molecule has 2 bridgehead atoms. The lowest BCUT2D eigenvalue weighted by molar-refractivity contribution is 0.0731. The van der Waals surface area contributed by atoms with E-state index in [2.05, 4.69) is 0 Å². The molecule has 1 N–H and O–H groups in total. The van der Waals surface area contributed by atoms with Crippen molar-refractivity contribution in [3.8, 4) is 0 Å². The van der Waals surface area contributed by atoms with Crippen molar-refractivity contribution in [1.82, 2.24) is 4.31 Å². The molecule has 6 heteroatoms. The SMILES string of the molecule is O=S(=O)(CCCCF)N1CC2CC3CC2C1C3O. The number of rotatable bonds is 5. The third kappa shape index (κ3) is 1.80.